The molecule has 0 aromatic carbocycles. The molecule has 6 heavy (non-hydrogen) atoms. The van der Waals surface area contributed by atoms with E-state index < -0.39 is 13.0 Å². The Morgan fingerprint density at radius 1 is 2.00 bits per heavy atom. The van der Waals surface area contributed by atoms with Crippen molar-refractivity contribution in [2.45, 2.75) is 12.8 Å². The van der Waals surface area contributed by atoms with Gasteiger partial charge in [0, 0.05) is 6.92 Å². The second-order valence-electron chi connectivity index (χ2n) is 0.904. The molecule has 0 rings (SSSR count). The van der Waals surface area contributed by atoms with Crippen LogP contribution in [0.15, 0.2) is 0 Å². The largest absolute Gasteiger partial charge is 0.486 e. The average Bonchev–Trinajstić information content (AvgIpc) is 1.36. The Kier molecular flexibility index (Phi) is 2.66. The van der Waals surface area contributed by atoms with E-state index in [1.165, 1.54) is 6.92 Å². The Morgan fingerprint density at radius 3 is 2.17 bits per heavy atom. The van der Waals surface area contributed by atoms with Gasteiger partial charge >= 0.3 is 7.15 Å². The van der Waals surface area contributed by atoms with Crippen LogP contribution in [-0.4, -0.2) is 11.0 Å². The van der Waals surface area contributed by atoms with Gasteiger partial charge in [0.1, 0.15) is 0 Å². The summed E-state index contributed by atoms with van der Waals surface area (Å²) in [6.45, 7) is 1.38. The Hall–Kier alpha value is 0.350. The number of halogens is 1. The molecule has 0 amide bonds. The van der Waals surface area contributed by atoms with E-state index in [4.69, 9.17) is 16.3 Å². The second kappa shape index (κ2) is 2.51. The van der Waals surface area contributed by atoms with E-state index in [-0.39, 0.29) is 0 Å². The topological polar surface area (TPSA) is 37.3 Å². The molecule has 0 saturated heterocycles. The molecule has 0 radical (unpaired) electrons. The lowest BCUT2D eigenvalue weighted by atomic mass is 10.9. The standard InChI is InChI=1S/C2H5ClO2P/c1-2(4)6(3)5/h2,4H,1H3/q+1. The van der Waals surface area contributed by atoms with Crippen LogP contribution >= 0.6 is 18.4 Å². The highest BCUT2D eigenvalue weighted by Crippen LogP contribution is 2.30. The van der Waals surface area contributed by atoms with Crippen molar-refractivity contribution < 1.29 is 9.67 Å². The van der Waals surface area contributed by atoms with Gasteiger partial charge in [-0.1, -0.05) is 0 Å². The number of aliphatic hydroxyl groups is 1. The summed E-state index contributed by atoms with van der Waals surface area (Å²) in [4.78, 5) is 0. The number of rotatable bonds is 1. The number of aliphatic hydroxyl groups excluding tert-OH is 1. The first-order chi connectivity index (χ1) is 2.64. The van der Waals surface area contributed by atoms with Crippen LogP contribution in [0.25, 0.3) is 0 Å². The molecule has 0 aromatic rings. The molecule has 2 atom stereocenters. The van der Waals surface area contributed by atoms with Crippen LogP contribution in [0.1, 0.15) is 6.92 Å². The Labute approximate surface area is 41.7 Å². The quantitative estimate of drug-likeness (QED) is 0.539. The molecule has 0 saturated carbocycles. The lowest BCUT2D eigenvalue weighted by molar-refractivity contribution is 0.274. The molecule has 1 N–H and O–H groups in total. The zero-order chi connectivity index (χ0) is 5.15. The Morgan fingerprint density at radius 2 is 2.17 bits per heavy atom. The average molecular weight is 127 g/mol. The van der Waals surface area contributed by atoms with E-state index in [1.54, 1.807) is 0 Å². The molecular formula is C2H5ClO2P+. The molecule has 36 valence electrons. The maximum Gasteiger partial charge on any atom is 0.486 e. The van der Waals surface area contributed by atoms with Crippen LogP contribution in [0, 0.1) is 0 Å². The van der Waals surface area contributed by atoms with E-state index in [2.05, 4.69) is 0 Å². The minimum absolute atomic E-state index is 0.873. The van der Waals surface area contributed by atoms with Crippen LogP contribution in [0.4, 0.5) is 0 Å². The number of hydrogen-bond acceptors (Lipinski definition) is 2. The summed E-state index contributed by atoms with van der Waals surface area (Å²) in [5, 5.41) is 8.21. The molecule has 4 heteroatoms. The Balaban J connectivity index is 3.26. The summed E-state index contributed by atoms with van der Waals surface area (Å²) in [5.41, 5.74) is 0. The highest BCUT2D eigenvalue weighted by molar-refractivity contribution is 7.74. The van der Waals surface area contributed by atoms with E-state index >= 15 is 0 Å². The minimum Gasteiger partial charge on any atom is -0.350 e. The zero-order valence-corrected chi connectivity index (χ0v) is 4.91. The maximum absolute atomic E-state index is 9.81. The van der Waals surface area contributed by atoms with Crippen LogP contribution in [0.5, 0.6) is 0 Å². The molecule has 0 bridgehead atoms. The molecule has 0 aliphatic rings. The summed E-state index contributed by atoms with van der Waals surface area (Å²) < 4.78 is 9.81. The fourth-order valence-corrected chi connectivity index (χ4v) is 0. The molecule has 2 nitrogen and oxygen atoms in total. The fourth-order valence-electron chi connectivity index (χ4n) is 0. The van der Waals surface area contributed by atoms with E-state index in [0.29, 0.717) is 0 Å². The molecular weight excluding hydrogens is 122 g/mol. The lowest BCUT2D eigenvalue weighted by Crippen LogP contribution is -1.84. The third-order valence-electron chi connectivity index (χ3n) is 0.294. The summed E-state index contributed by atoms with van der Waals surface area (Å²) in [5.74, 6) is -0.873. The van der Waals surface area contributed by atoms with E-state index in [0.717, 1.165) is 0 Å². The van der Waals surface area contributed by atoms with E-state index in [9.17, 15) is 4.57 Å². The zero-order valence-electron chi connectivity index (χ0n) is 3.26. The van der Waals surface area contributed by atoms with Gasteiger partial charge in [0.2, 0.25) is 11.2 Å². The summed E-state index contributed by atoms with van der Waals surface area (Å²) in [6.07, 6.45) is 0. The number of hydrogen-bond donors (Lipinski definition) is 1. The monoisotopic (exact) mass is 127 g/mol. The first-order valence-electron chi connectivity index (χ1n) is 1.45. The first-order valence-corrected chi connectivity index (χ1v) is 3.68. The van der Waals surface area contributed by atoms with Gasteiger partial charge in [-0.2, -0.15) is 0 Å². The summed E-state index contributed by atoms with van der Waals surface area (Å²) >= 11 is 4.87. The van der Waals surface area contributed by atoms with Gasteiger partial charge in [-0.15, -0.1) is 0 Å². The van der Waals surface area contributed by atoms with Crippen molar-refractivity contribution in [2.75, 3.05) is 0 Å². The molecule has 0 aliphatic heterocycles. The summed E-state index contributed by atoms with van der Waals surface area (Å²) in [7, 11) is -1.88. The van der Waals surface area contributed by atoms with Gasteiger partial charge in [-0.25, -0.2) is 0 Å². The molecule has 0 spiro atoms. The lowest BCUT2D eigenvalue weighted by Gasteiger charge is -1.73. The first kappa shape index (κ1) is 6.35. The maximum atomic E-state index is 9.81. The summed E-state index contributed by atoms with van der Waals surface area (Å²) in [6, 6.07) is 0. The van der Waals surface area contributed by atoms with Crippen molar-refractivity contribution in [3.8, 4) is 0 Å². The van der Waals surface area contributed by atoms with Crippen molar-refractivity contribution in [1.82, 2.24) is 0 Å². The van der Waals surface area contributed by atoms with Crippen molar-refractivity contribution in [3.63, 3.8) is 0 Å². The van der Waals surface area contributed by atoms with Gasteiger partial charge in [0.05, 0.1) is 0 Å². The third kappa shape index (κ3) is 2.58. The predicted octanol–water partition coefficient (Wildman–Crippen LogP) is 1.31. The normalized spacial score (nSPS) is 16.8. The molecule has 0 aromatic heterocycles. The SMILES string of the molecule is CC(O)[P+](=O)Cl. The smallest absolute Gasteiger partial charge is 0.350 e. The highest BCUT2D eigenvalue weighted by Gasteiger charge is 2.18. The van der Waals surface area contributed by atoms with Crippen molar-refractivity contribution in [1.29, 1.82) is 0 Å². The van der Waals surface area contributed by atoms with Gasteiger partial charge in [0.15, 0.2) is 0 Å². The van der Waals surface area contributed by atoms with Crippen molar-refractivity contribution >= 4 is 18.4 Å². The fraction of sp³-hybridized carbons (Fsp3) is 1.00. The second-order valence-corrected chi connectivity index (χ2v) is 3.19. The molecule has 0 heterocycles. The molecule has 2 unspecified atom stereocenters. The van der Waals surface area contributed by atoms with Crippen LogP contribution in [0.2, 0.25) is 0 Å². The van der Waals surface area contributed by atoms with Crippen molar-refractivity contribution in [2.24, 2.45) is 0 Å². The van der Waals surface area contributed by atoms with E-state index in [1.807, 2.05) is 0 Å². The van der Waals surface area contributed by atoms with Crippen LogP contribution < -0.4 is 0 Å². The highest BCUT2D eigenvalue weighted by atomic mass is 35.7. The van der Waals surface area contributed by atoms with Gasteiger partial charge in [-0.05, 0) is 4.57 Å². The predicted molar refractivity (Wildman–Crippen MR) is 25.1 cm³/mol. The van der Waals surface area contributed by atoms with Gasteiger partial charge in [0.25, 0.3) is 5.85 Å². The third-order valence-corrected chi connectivity index (χ3v) is 1.73. The Bertz CT molecular complexity index is 62.6. The molecule has 0 aliphatic carbocycles. The van der Waals surface area contributed by atoms with Crippen molar-refractivity contribution in [3.05, 3.63) is 0 Å². The van der Waals surface area contributed by atoms with Crippen LogP contribution in [-0.2, 0) is 4.57 Å². The minimum atomic E-state index is -1.88. The van der Waals surface area contributed by atoms with Crippen LogP contribution in [0.3, 0.4) is 0 Å². The molecule has 0 fully saturated rings. The van der Waals surface area contributed by atoms with Gasteiger partial charge < -0.3 is 5.11 Å². The van der Waals surface area contributed by atoms with Gasteiger partial charge in [-0.3, -0.25) is 0 Å².